The van der Waals surface area contributed by atoms with Crippen LogP contribution in [0, 0.1) is 0 Å². The Morgan fingerprint density at radius 1 is 1.13 bits per heavy atom. The maximum atomic E-state index is 13.2. The van der Waals surface area contributed by atoms with Crippen LogP contribution in [0.1, 0.15) is 39.2 Å². The van der Waals surface area contributed by atoms with E-state index in [0.717, 1.165) is 52.0 Å². The number of thiophene rings is 1. The summed E-state index contributed by atoms with van der Waals surface area (Å²) in [5.74, 6) is 1.14. The summed E-state index contributed by atoms with van der Waals surface area (Å²) in [7, 11) is 3.20. The molecule has 0 saturated carbocycles. The monoisotopic (exact) mass is 498 g/mol. The van der Waals surface area contributed by atoms with E-state index in [-0.39, 0.29) is 5.91 Å². The van der Waals surface area contributed by atoms with Crippen LogP contribution in [0.4, 0.5) is 10.7 Å². The summed E-state index contributed by atoms with van der Waals surface area (Å²) >= 11 is 5.13. The zero-order valence-electron chi connectivity index (χ0n) is 17.4. The van der Waals surface area contributed by atoms with Gasteiger partial charge in [-0.15, -0.1) is 11.3 Å². The molecule has 1 N–H and O–H groups in total. The number of carbonyl (C=O) groups excluding carboxylic acids is 1. The lowest BCUT2D eigenvalue weighted by Crippen LogP contribution is -2.14. The van der Waals surface area contributed by atoms with Gasteiger partial charge in [0.25, 0.3) is 5.91 Å². The molecule has 31 heavy (non-hydrogen) atoms. The number of ether oxygens (including phenoxy) is 2. The van der Waals surface area contributed by atoms with E-state index in [4.69, 9.17) is 14.5 Å². The molecule has 0 radical (unpaired) electrons. The highest BCUT2D eigenvalue weighted by Crippen LogP contribution is 2.41. The van der Waals surface area contributed by atoms with Crippen molar-refractivity contribution < 1.29 is 14.3 Å². The minimum absolute atomic E-state index is 0.105. The zero-order chi connectivity index (χ0) is 21.8. The standard InChI is InChI=1S/C24H23BrN2O3S/c1-29-19-13-15(12-18(25)22(19)30-2)14-26-24-21(17-10-6-7-11-20(17)31-24)23(28)27-16-8-4-3-5-9-16/h3-5,8-9,12-14H,6-7,10-11H2,1-2H3,(H,27,28). The van der Waals surface area contributed by atoms with Crippen molar-refractivity contribution in [1.29, 1.82) is 0 Å². The first-order valence-corrected chi connectivity index (χ1v) is 11.7. The Hall–Kier alpha value is -2.64. The molecule has 0 unspecified atom stereocenters. The predicted octanol–water partition coefficient (Wildman–Crippen LogP) is 6.41. The number of aryl methyl sites for hydroxylation is 1. The van der Waals surface area contributed by atoms with Crippen molar-refractivity contribution in [2.24, 2.45) is 4.99 Å². The number of nitrogens with zero attached hydrogens (tertiary/aromatic N) is 1. The van der Waals surface area contributed by atoms with E-state index < -0.39 is 0 Å². The number of anilines is 1. The molecular weight excluding hydrogens is 476 g/mol. The first-order chi connectivity index (χ1) is 15.1. The summed E-state index contributed by atoms with van der Waals surface area (Å²) in [6, 6.07) is 13.3. The van der Waals surface area contributed by atoms with Gasteiger partial charge in [-0.3, -0.25) is 4.79 Å². The summed E-state index contributed by atoms with van der Waals surface area (Å²) in [4.78, 5) is 19.2. The van der Waals surface area contributed by atoms with E-state index in [0.29, 0.717) is 17.1 Å². The van der Waals surface area contributed by atoms with Gasteiger partial charge in [-0.25, -0.2) is 4.99 Å². The average Bonchev–Trinajstić information content (AvgIpc) is 3.16. The zero-order valence-corrected chi connectivity index (χ0v) is 19.8. The summed E-state index contributed by atoms with van der Waals surface area (Å²) in [6.07, 6.45) is 5.94. The topological polar surface area (TPSA) is 59.9 Å². The number of rotatable bonds is 6. The lowest BCUT2D eigenvalue weighted by Gasteiger charge is -2.12. The van der Waals surface area contributed by atoms with Gasteiger partial charge in [0.05, 0.1) is 24.3 Å². The lowest BCUT2D eigenvalue weighted by molar-refractivity contribution is 0.102. The second kappa shape index (κ2) is 9.66. The molecule has 0 spiro atoms. The Labute approximate surface area is 194 Å². The van der Waals surface area contributed by atoms with E-state index in [9.17, 15) is 4.79 Å². The average molecular weight is 499 g/mol. The van der Waals surface area contributed by atoms with E-state index in [1.165, 1.54) is 4.88 Å². The molecule has 0 atom stereocenters. The van der Waals surface area contributed by atoms with Crippen LogP contribution in [-0.2, 0) is 12.8 Å². The maximum Gasteiger partial charge on any atom is 0.259 e. The number of nitrogens with one attached hydrogen (secondary N) is 1. The number of hydrogen-bond donors (Lipinski definition) is 1. The molecule has 1 aliphatic rings. The lowest BCUT2D eigenvalue weighted by atomic mass is 9.95. The van der Waals surface area contributed by atoms with Crippen LogP contribution in [-0.4, -0.2) is 26.3 Å². The molecule has 3 aromatic rings. The number of benzene rings is 2. The number of aliphatic imine (C=N–C) groups is 1. The molecule has 5 nitrogen and oxygen atoms in total. The van der Waals surface area contributed by atoms with Gasteiger partial charge in [-0.2, -0.15) is 0 Å². The van der Waals surface area contributed by atoms with Gasteiger partial charge in [0.1, 0.15) is 5.00 Å². The molecule has 0 saturated heterocycles. The normalized spacial score (nSPS) is 13.1. The Kier molecular flexibility index (Phi) is 6.73. The van der Waals surface area contributed by atoms with Crippen molar-refractivity contribution in [3.05, 3.63) is 68.5 Å². The molecule has 0 aliphatic heterocycles. The van der Waals surface area contributed by atoms with Crippen molar-refractivity contribution in [1.82, 2.24) is 0 Å². The van der Waals surface area contributed by atoms with Gasteiger partial charge in [0.15, 0.2) is 11.5 Å². The summed E-state index contributed by atoms with van der Waals surface area (Å²) in [5.41, 5.74) is 3.47. The van der Waals surface area contributed by atoms with Gasteiger partial charge in [0, 0.05) is 16.8 Å². The van der Waals surface area contributed by atoms with E-state index >= 15 is 0 Å². The van der Waals surface area contributed by atoms with Crippen LogP contribution in [0.2, 0.25) is 0 Å². The number of halogens is 1. The Bertz CT molecular complexity index is 1130. The number of hydrogen-bond acceptors (Lipinski definition) is 5. The highest BCUT2D eigenvalue weighted by Gasteiger charge is 2.25. The maximum absolute atomic E-state index is 13.2. The highest BCUT2D eigenvalue weighted by molar-refractivity contribution is 9.10. The number of fused-ring (bicyclic) bond motifs is 1. The van der Waals surface area contributed by atoms with Crippen LogP contribution in [0.3, 0.4) is 0 Å². The quantitative estimate of drug-likeness (QED) is 0.399. The molecule has 1 aliphatic carbocycles. The Balaban J connectivity index is 1.69. The molecule has 2 aromatic carbocycles. The number of carbonyl (C=O) groups is 1. The fourth-order valence-corrected chi connectivity index (χ4v) is 5.59. The van der Waals surface area contributed by atoms with Crippen LogP contribution in [0.25, 0.3) is 0 Å². The van der Waals surface area contributed by atoms with Crippen LogP contribution < -0.4 is 14.8 Å². The van der Waals surface area contributed by atoms with Gasteiger partial charge in [-0.1, -0.05) is 18.2 Å². The molecule has 4 rings (SSSR count). The van der Waals surface area contributed by atoms with Crippen molar-refractivity contribution in [2.45, 2.75) is 25.7 Å². The largest absolute Gasteiger partial charge is 0.493 e. The van der Waals surface area contributed by atoms with Crippen molar-refractivity contribution in [3.8, 4) is 11.5 Å². The SMILES string of the molecule is COc1cc(C=Nc2sc3c(c2C(=O)Nc2ccccc2)CCCC3)cc(Br)c1OC. The Morgan fingerprint density at radius 3 is 2.65 bits per heavy atom. The molecule has 7 heteroatoms. The summed E-state index contributed by atoms with van der Waals surface area (Å²) < 4.78 is 11.6. The molecule has 1 heterocycles. The first-order valence-electron chi connectivity index (χ1n) is 10.1. The first kappa shape index (κ1) is 21.6. The smallest absolute Gasteiger partial charge is 0.259 e. The number of amides is 1. The van der Waals surface area contributed by atoms with Crippen molar-refractivity contribution in [3.63, 3.8) is 0 Å². The molecule has 0 bridgehead atoms. The van der Waals surface area contributed by atoms with Crippen LogP contribution in [0.15, 0.2) is 51.9 Å². The second-order valence-corrected chi connectivity index (χ2v) is 9.15. The molecule has 0 fully saturated rings. The van der Waals surface area contributed by atoms with E-state index in [2.05, 4.69) is 21.2 Å². The van der Waals surface area contributed by atoms with E-state index in [1.54, 1.807) is 31.8 Å². The molecule has 1 aromatic heterocycles. The van der Waals surface area contributed by atoms with Crippen molar-refractivity contribution >= 4 is 50.1 Å². The molecule has 1 amide bonds. The highest BCUT2D eigenvalue weighted by atomic mass is 79.9. The molecular formula is C24H23BrN2O3S. The molecule has 160 valence electrons. The van der Waals surface area contributed by atoms with Gasteiger partial charge in [-0.05, 0) is 77.0 Å². The van der Waals surface area contributed by atoms with Crippen molar-refractivity contribution in [2.75, 3.05) is 19.5 Å². The van der Waals surface area contributed by atoms with Gasteiger partial charge in [0.2, 0.25) is 0 Å². The third-order valence-electron chi connectivity index (χ3n) is 5.20. The van der Waals surface area contributed by atoms with Crippen LogP contribution >= 0.6 is 27.3 Å². The Morgan fingerprint density at radius 2 is 1.90 bits per heavy atom. The van der Waals surface area contributed by atoms with Gasteiger partial charge >= 0.3 is 0 Å². The third kappa shape index (κ3) is 4.67. The van der Waals surface area contributed by atoms with Crippen LogP contribution in [0.5, 0.6) is 11.5 Å². The van der Waals surface area contributed by atoms with E-state index in [1.807, 2.05) is 42.5 Å². The van der Waals surface area contributed by atoms with Gasteiger partial charge < -0.3 is 14.8 Å². The summed E-state index contributed by atoms with van der Waals surface area (Å²) in [6.45, 7) is 0. The number of methoxy groups -OCH3 is 2. The third-order valence-corrected chi connectivity index (χ3v) is 6.99. The second-order valence-electron chi connectivity index (χ2n) is 7.21. The minimum Gasteiger partial charge on any atom is -0.493 e. The number of para-hydroxylation sites is 1. The predicted molar refractivity (Wildman–Crippen MR) is 130 cm³/mol. The summed E-state index contributed by atoms with van der Waals surface area (Å²) in [5, 5.41) is 3.77. The fraction of sp³-hybridized carbons (Fsp3) is 0.250. The minimum atomic E-state index is -0.105. The fourth-order valence-electron chi connectivity index (χ4n) is 3.74.